The highest BCUT2D eigenvalue weighted by atomic mass is 35.5. The third-order valence-corrected chi connectivity index (χ3v) is 6.22. The van der Waals surface area contributed by atoms with Crippen LogP contribution in [-0.2, 0) is 4.79 Å². The number of carbonyl (C=O) groups is 1. The molecule has 23 heavy (non-hydrogen) atoms. The fraction of sp³-hybridized carbons (Fsp3) is 0.611. The van der Waals surface area contributed by atoms with Crippen molar-refractivity contribution in [2.75, 3.05) is 6.26 Å². The molecule has 0 saturated heterocycles. The van der Waals surface area contributed by atoms with Gasteiger partial charge in [0.05, 0.1) is 0 Å². The number of nitrogens with two attached hydrogens (primary N) is 1. The number of carbonyl (C=O) groups excluding carboxylic acids is 1. The molecule has 1 aromatic carbocycles. The lowest BCUT2D eigenvalue weighted by Crippen LogP contribution is -2.54. The maximum atomic E-state index is 12.8. The van der Waals surface area contributed by atoms with E-state index in [1.54, 1.807) is 11.8 Å². The van der Waals surface area contributed by atoms with Gasteiger partial charge < -0.3 is 11.1 Å². The number of thioether (sulfide) groups is 1. The number of benzene rings is 1. The molecule has 0 radical (unpaired) electrons. The number of hydrogen-bond acceptors (Lipinski definition) is 3. The van der Waals surface area contributed by atoms with Gasteiger partial charge >= 0.3 is 0 Å². The molecule has 3 unspecified atom stereocenters. The molecule has 3 N–H and O–H groups in total. The topological polar surface area (TPSA) is 55.1 Å². The average Bonchev–Trinajstić information content (AvgIpc) is 2.50. The molecular formula is C18H27ClN2OS. The molecule has 0 heterocycles. The van der Waals surface area contributed by atoms with E-state index < -0.39 is 0 Å². The molecule has 2 fully saturated rings. The Morgan fingerprint density at radius 3 is 2.39 bits per heavy atom. The number of fused-ring (bicyclic) bond motifs is 2. The van der Waals surface area contributed by atoms with E-state index in [1.165, 1.54) is 19.3 Å². The van der Waals surface area contributed by atoms with Crippen LogP contribution in [0.25, 0.3) is 0 Å². The van der Waals surface area contributed by atoms with Crippen LogP contribution < -0.4 is 11.1 Å². The van der Waals surface area contributed by atoms with E-state index in [2.05, 4.69) is 5.32 Å². The largest absolute Gasteiger partial charge is 0.352 e. The Labute approximate surface area is 149 Å². The maximum absolute atomic E-state index is 12.8. The number of hydrogen-bond donors (Lipinski definition) is 2. The minimum atomic E-state index is -0.113. The Hall–Kier alpha value is -0.710. The van der Waals surface area contributed by atoms with Gasteiger partial charge in [0.25, 0.3) is 0 Å². The van der Waals surface area contributed by atoms with Crippen molar-refractivity contribution in [1.82, 2.24) is 5.32 Å². The second-order valence-corrected chi connectivity index (χ2v) is 7.69. The predicted octanol–water partition coefficient (Wildman–Crippen LogP) is 3.53. The van der Waals surface area contributed by atoms with Crippen LogP contribution in [0.15, 0.2) is 30.3 Å². The van der Waals surface area contributed by atoms with Crippen molar-refractivity contribution in [2.45, 2.75) is 49.4 Å². The van der Waals surface area contributed by atoms with E-state index in [0.717, 1.165) is 18.4 Å². The van der Waals surface area contributed by atoms with Crippen molar-refractivity contribution < 1.29 is 4.79 Å². The van der Waals surface area contributed by atoms with Crippen molar-refractivity contribution >= 4 is 30.1 Å². The minimum Gasteiger partial charge on any atom is -0.352 e. The van der Waals surface area contributed by atoms with E-state index >= 15 is 0 Å². The van der Waals surface area contributed by atoms with Crippen molar-refractivity contribution in [3.05, 3.63) is 35.9 Å². The molecule has 0 aromatic heterocycles. The molecule has 2 saturated carbocycles. The van der Waals surface area contributed by atoms with Crippen LogP contribution in [0.3, 0.4) is 0 Å². The van der Waals surface area contributed by atoms with Crippen LogP contribution >= 0.6 is 24.2 Å². The van der Waals surface area contributed by atoms with Gasteiger partial charge in [-0.2, -0.15) is 0 Å². The highest BCUT2D eigenvalue weighted by Crippen LogP contribution is 2.40. The minimum absolute atomic E-state index is 0. The molecular weight excluding hydrogens is 328 g/mol. The van der Waals surface area contributed by atoms with E-state index in [4.69, 9.17) is 5.73 Å². The molecule has 2 bridgehead atoms. The summed E-state index contributed by atoms with van der Waals surface area (Å²) in [6, 6.07) is 10.7. The first-order valence-electron chi connectivity index (χ1n) is 8.32. The van der Waals surface area contributed by atoms with Gasteiger partial charge in [0.15, 0.2) is 0 Å². The summed E-state index contributed by atoms with van der Waals surface area (Å²) in [4.78, 5) is 12.8. The molecule has 0 spiro atoms. The summed E-state index contributed by atoms with van der Waals surface area (Å²) >= 11 is 1.61. The number of halogens is 1. The Balaban J connectivity index is 0.00000192. The lowest BCUT2D eigenvalue weighted by Gasteiger charge is -2.45. The average molecular weight is 355 g/mol. The second kappa shape index (κ2) is 8.41. The molecule has 128 valence electrons. The molecule has 5 heteroatoms. The van der Waals surface area contributed by atoms with Crippen LogP contribution in [-0.4, -0.2) is 24.2 Å². The monoisotopic (exact) mass is 354 g/mol. The first kappa shape index (κ1) is 18.6. The van der Waals surface area contributed by atoms with Crippen molar-refractivity contribution in [1.29, 1.82) is 0 Å². The molecule has 1 amide bonds. The lowest BCUT2D eigenvalue weighted by atomic mass is 9.67. The number of rotatable bonds is 4. The van der Waals surface area contributed by atoms with Gasteiger partial charge in [-0.1, -0.05) is 36.8 Å². The first-order valence-corrected chi connectivity index (χ1v) is 9.61. The summed E-state index contributed by atoms with van der Waals surface area (Å²) in [7, 11) is 0. The Morgan fingerprint density at radius 1 is 1.22 bits per heavy atom. The van der Waals surface area contributed by atoms with Crippen LogP contribution in [0.5, 0.6) is 0 Å². The Kier molecular flexibility index (Phi) is 6.81. The molecule has 1 aromatic rings. The molecule has 2 aliphatic rings. The van der Waals surface area contributed by atoms with Crippen LogP contribution in [0.4, 0.5) is 0 Å². The van der Waals surface area contributed by atoms with Crippen molar-refractivity contribution in [3.63, 3.8) is 0 Å². The van der Waals surface area contributed by atoms with Gasteiger partial charge in [-0.3, -0.25) is 4.79 Å². The van der Waals surface area contributed by atoms with E-state index in [0.29, 0.717) is 23.9 Å². The van der Waals surface area contributed by atoms with Crippen molar-refractivity contribution in [2.24, 2.45) is 17.6 Å². The summed E-state index contributed by atoms with van der Waals surface area (Å²) in [5.41, 5.74) is 7.27. The fourth-order valence-electron chi connectivity index (χ4n) is 4.29. The Bertz CT molecular complexity index is 499. The van der Waals surface area contributed by atoms with Crippen LogP contribution in [0, 0.1) is 11.8 Å². The van der Waals surface area contributed by atoms with Gasteiger partial charge in [0.1, 0.15) is 5.25 Å². The summed E-state index contributed by atoms with van der Waals surface area (Å²) in [6.45, 7) is 0. The number of nitrogens with one attached hydrogen (secondary N) is 1. The molecule has 3 atom stereocenters. The molecule has 2 aliphatic carbocycles. The van der Waals surface area contributed by atoms with Gasteiger partial charge in [0, 0.05) is 12.1 Å². The van der Waals surface area contributed by atoms with Crippen LogP contribution in [0.2, 0.25) is 0 Å². The summed E-state index contributed by atoms with van der Waals surface area (Å²) in [5, 5.41) is 3.26. The lowest BCUT2D eigenvalue weighted by molar-refractivity contribution is -0.123. The van der Waals surface area contributed by atoms with E-state index in [1.807, 2.05) is 36.6 Å². The molecule has 3 nitrogen and oxygen atoms in total. The smallest absolute Gasteiger partial charge is 0.237 e. The van der Waals surface area contributed by atoms with Crippen molar-refractivity contribution in [3.8, 4) is 0 Å². The van der Waals surface area contributed by atoms with E-state index in [-0.39, 0.29) is 23.6 Å². The molecule has 3 rings (SSSR count). The predicted molar refractivity (Wildman–Crippen MR) is 99.9 cm³/mol. The maximum Gasteiger partial charge on any atom is 0.237 e. The molecule has 0 aliphatic heterocycles. The highest BCUT2D eigenvalue weighted by Gasteiger charge is 2.40. The zero-order valence-corrected chi connectivity index (χ0v) is 15.2. The van der Waals surface area contributed by atoms with Gasteiger partial charge in [-0.05, 0) is 49.3 Å². The van der Waals surface area contributed by atoms with Gasteiger partial charge in [-0.15, -0.1) is 24.2 Å². The first-order chi connectivity index (χ1) is 10.7. The summed E-state index contributed by atoms with van der Waals surface area (Å²) in [5.74, 6) is 1.31. The van der Waals surface area contributed by atoms with E-state index in [9.17, 15) is 4.79 Å². The third-order valence-electron chi connectivity index (χ3n) is 5.26. The zero-order valence-electron chi connectivity index (χ0n) is 13.6. The standard InChI is InChI=1S/C18H26N2OS.ClH/c1-22-17(12-6-3-2-4-7-12)18(21)20-16-13-8-5-9-14(16)11-15(19)10-13;/h2-4,6-7,13-17H,5,8-11,19H2,1H3,(H,20,21);1H. The fourth-order valence-corrected chi connectivity index (χ4v) is 5.00. The number of amides is 1. The summed E-state index contributed by atoms with van der Waals surface area (Å²) < 4.78 is 0. The second-order valence-electron chi connectivity index (χ2n) is 6.74. The summed E-state index contributed by atoms with van der Waals surface area (Å²) in [6.07, 6.45) is 7.86. The normalized spacial score (nSPS) is 30.9. The third kappa shape index (κ3) is 4.23. The SMILES string of the molecule is CSC(C(=O)NC1C2CCCC1CC(N)C2)c1ccccc1.Cl. The van der Waals surface area contributed by atoms with Gasteiger partial charge in [0.2, 0.25) is 5.91 Å². The quantitative estimate of drug-likeness (QED) is 0.869. The zero-order chi connectivity index (χ0) is 15.5. The van der Waals surface area contributed by atoms with Crippen LogP contribution in [0.1, 0.15) is 42.9 Å². The Morgan fingerprint density at radius 2 is 1.83 bits per heavy atom. The highest BCUT2D eigenvalue weighted by molar-refractivity contribution is 7.99. The van der Waals surface area contributed by atoms with Gasteiger partial charge in [-0.25, -0.2) is 0 Å².